The number of amides is 1. The smallest absolute Gasteiger partial charge is 0.257 e. The van der Waals surface area contributed by atoms with Crippen LogP contribution >= 0.6 is 23.1 Å². The maximum atomic E-state index is 12.5. The molecule has 0 saturated heterocycles. The lowest BCUT2D eigenvalue weighted by Gasteiger charge is -2.01. The van der Waals surface area contributed by atoms with Gasteiger partial charge in [-0.1, -0.05) is 17.4 Å². The van der Waals surface area contributed by atoms with Crippen LogP contribution in [-0.2, 0) is 0 Å². The highest BCUT2D eigenvalue weighted by Crippen LogP contribution is 2.34. The molecule has 120 valence electrons. The summed E-state index contributed by atoms with van der Waals surface area (Å²) in [5.74, 6) is 0.475. The molecule has 1 N–H and O–H groups in total. The summed E-state index contributed by atoms with van der Waals surface area (Å²) < 4.78 is 14.6. The number of carbonyl (C=O) groups excluding carboxylic acids is 1. The van der Waals surface area contributed by atoms with E-state index in [0.717, 1.165) is 38.5 Å². The van der Waals surface area contributed by atoms with Gasteiger partial charge in [-0.3, -0.25) is 10.1 Å². The number of hydrogen-bond donors (Lipinski definition) is 1. The Labute approximate surface area is 145 Å². The topological polar surface area (TPSA) is 77.0 Å². The molecule has 1 amide bonds. The first kappa shape index (κ1) is 15.0. The largest absolute Gasteiger partial charge is 0.494 e. The average molecular weight is 356 g/mol. The summed E-state index contributed by atoms with van der Waals surface area (Å²) in [7, 11) is 1.61. The van der Waals surface area contributed by atoms with Crippen LogP contribution in [0.2, 0.25) is 0 Å². The number of aryl methyl sites for hydroxylation is 1. The standard InChI is InChI=1S/C16H12N4O2S2/c1-8-3-6-12(22-2)13-14(8)23-16(17-13)18-15(21)9-4-5-10-11(7-9)20-24-19-10/h3-7H,1-2H3,(H,17,18,21). The van der Waals surface area contributed by atoms with E-state index in [1.165, 1.54) is 11.3 Å². The first-order valence-electron chi connectivity index (χ1n) is 7.13. The molecule has 0 fully saturated rings. The minimum absolute atomic E-state index is 0.222. The van der Waals surface area contributed by atoms with Gasteiger partial charge in [-0.2, -0.15) is 8.75 Å². The van der Waals surface area contributed by atoms with E-state index in [1.807, 2.05) is 19.1 Å². The maximum Gasteiger partial charge on any atom is 0.257 e. The molecule has 4 aromatic rings. The Balaban J connectivity index is 1.68. The van der Waals surface area contributed by atoms with E-state index in [9.17, 15) is 4.79 Å². The van der Waals surface area contributed by atoms with Crippen LogP contribution in [0.15, 0.2) is 30.3 Å². The lowest BCUT2D eigenvalue weighted by Crippen LogP contribution is -2.11. The van der Waals surface area contributed by atoms with E-state index < -0.39 is 0 Å². The molecule has 0 radical (unpaired) electrons. The molecule has 8 heteroatoms. The first-order chi connectivity index (χ1) is 11.7. The molecule has 0 aliphatic rings. The van der Waals surface area contributed by atoms with Gasteiger partial charge in [0.05, 0.1) is 23.5 Å². The lowest BCUT2D eigenvalue weighted by molar-refractivity contribution is 0.102. The van der Waals surface area contributed by atoms with Gasteiger partial charge in [0.2, 0.25) is 0 Å². The number of benzene rings is 2. The summed E-state index contributed by atoms with van der Waals surface area (Å²) >= 11 is 2.56. The number of carbonyl (C=O) groups is 1. The Bertz CT molecular complexity index is 1070. The van der Waals surface area contributed by atoms with Gasteiger partial charge in [0.15, 0.2) is 5.13 Å². The van der Waals surface area contributed by atoms with Gasteiger partial charge >= 0.3 is 0 Å². The molecule has 0 atom stereocenters. The molecule has 0 unspecified atom stereocenters. The number of methoxy groups -OCH3 is 1. The van der Waals surface area contributed by atoms with Crippen molar-refractivity contribution in [3.05, 3.63) is 41.5 Å². The Kier molecular flexibility index (Phi) is 3.62. The molecule has 0 bridgehead atoms. The third-order valence-electron chi connectivity index (χ3n) is 3.66. The molecule has 0 saturated carbocycles. The molecule has 4 rings (SSSR count). The number of aromatic nitrogens is 3. The maximum absolute atomic E-state index is 12.5. The van der Waals surface area contributed by atoms with Gasteiger partial charge in [-0.15, -0.1) is 0 Å². The van der Waals surface area contributed by atoms with Gasteiger partial charge in [0.1, 0.15) is 22.3 Å². The van der Waals surface area contributed by atoms with E-state index in [-0.39, 0.29) is 5.91 Å². The summed E-state index contributed by atoms with van der Waals surface area (Å²) in [6, 6.07) is 9.12. The zero-order chi connectivity index (χ0) is 16.7. The van der Waals surface area contributed by atoms with Crippen molar-refractivity contribution in [2.75, 3.05) is 12.4 Å². The molecule has 6 nitrogen and oxygen atoms in total. The number of nitrogens with one attached hydrogen (secondary N) is 1. The second kappa shape index (κ2) is 5.81. The Morgan fingerprint density at radius 3 is 2.83 bits per heavy atom. The molecule has 0 spiro atoms. The van der Waals surface area contributed by atoms with Gasteiger partial charge in [0, 0.05) is 5.56 Å². The van der Waals surface area contributed by atoms with Crippen LogP contribution in [0.3, 0.4) is 0 Å². The summed E-state index contributed by atoms with van der Waals surface area (Å²) in [6.07, 6.45) is 0. The minimum atomic E-state index is -0.222. The van der Waals surface area contributed by atoms with Crippen LogP contribution in [0.1, 0.15) is 15.9 Å². The molecular weight excluding hydrogens is 344 g/mol. The third kappa shape index (κ3) is 2.49. The zero-order valence-electron chi connectivity index (χ0n) is 12.9. The lowest BCUT2D eigenvalue weighted by atomic mass is 10.2. The number of thiazole rings is 1. The zero-order valence-corrected chi connectivity index (χ0v) is 14.5. The minimum Gasteiger partial charge on any atom is -0.494 e. The number of hydrogen-bond acceptors (Lipinski definition) is 7. The van der Waals surface area contributed by atoms with Crippen LogP contribution in [0.4, 0.5) is 5.13 Å². The van der Waals surface area contributed by atoms with Crippen molar-refractivity contribution in [3.8, 4) is 5.75 Å². The van der Waals surface area contributed by atoms with E-state index >= 15 is 0 Å². The number of anilines is 1. The van der Waals surface area contributed by atoms with Gasteiger partial charge in [-0.05, 0) is 36.8 Å². The van der Waals surface area contributed by atoms with Gasteiger partial charge < -0.3 is 4.74 Å². The van der Waals surface area contributed by atoms with Crippen molar-refractivity contribution < 1.29 is 9.53 Å². The number of rotatable bonds is 3. The fourth-order valence-electron chi connectivity index (χ4n) is 2.42. The SMILES string of the molecule is COc1ccc(C)c2sc(NC(=O)c3ccc4nsnc4c3)nc12. The number of fused-ring (bicyclic) bond motifs is 2. The average Bonchev–Trinajstić information content (AvgIpc) is 3.21. The number of ether oxygens (including phenoxy) is 1. The van der Waals surface area contributed by atoms with Gasteiger partial charge in [0.25, 0.3) is 5.91 Å². The molecule has 2 aromatic heterocycles. The van der Waals surface area contributed by atoms with E-state index in [0.29, 0.717) is 16.4 Å². The third-order valence-corrected chi connectivity index (χ3v) is 5.32. The van der Waals surface area contributed by atoms with E-state index in [1.54, 1.807) is 25.3 Å². The predicted molar refractivity (Wildman–Crippen MR) is 96.3 cm³/mol. The summed E-state index contributed by atoms with van der Waals surface area (Å²) in [5.41, 5.74) is 3.89. The van der Waals surface area contributed by atoms with Gasteiger partial charge in [-0.25, -0.2) is 4.98 Å². The van der Waals surface area contributed by atoms with Crippen LogP contribution < -0.4 is 10.1 Å². The highest BCUT2D eigenvalue weighted by Gasteiger charge is 2.14. The van der Waals surface area contributed by atoms with E-state index in [2.05, 4.69) is 19.0 Å². The van der Waals surface area contributed by atoms with Crippen LogP contribution in [0.5, 0.6) is 5.75 Å². The highest BCUT2D eigenvalue weighted by molar-refractivity contribution is 7.22. The fourth-order valence-corrected chi connectivity index (χ4v) is 3.88. The second-order valence-corrected chi connectivity index (χ2v) is 6.73. The summed E-state index contributed by atoms with van der Waals surface area (Å²) in [5, 5.41) is 3.39. The van der Waals surface area contributed by atoms with Crippen molar-refractivity contribution in [3.63, 3.8) is 0 Å². The predicted octanol–water partition coefficient (Wildman–Crippen LogP) is 3.87. The number of nitrogens with zero attached hydrogens (tertiary/aromatic N) is 3. The summed E-state index contributed by atoms with van der Waals surface area (Å²) in [6.45, 7) is 2.01. The van der Waals surface area contributed by atoms with Crippen molar-refractivity contribution in [2.24, 2.45) is 0 Å². The quantitative estimate of drug-likeness (QED) is 0.603. The molecule has 0 aliphatic carbocycles. The van der Waals surface area contributed by atoms with Crippen LogP contribution in [0, 0.1) is 6.92 Å². The second-order valence-electron chi connectivity index (χ2n) is 5.20. The van der Waals surface area contributed by atoms with Crippen LogP contribution in [0.25, 0.3) is 21.3 Å². The first-order valence-corrected chi connectivity index (χ1v) is 8.68. The molecule has 0 aliphatic heterocycles. The van der Waals surface area contributed by atoms with Crippen LogP contribution in [-0.4, -0.2) is 26.7 Å². The van der Waals surface area contributed by atoms with Crippen molar-refractivity contribution in [1.29, 1.82) is 0 Å². The Morgan fingerprint density at radius 1 is 1.17 bits per heavy atom. The van der Waals surface area contributed by atoms with Crippen molar-refractivity contribution in [2.45, 2.75) is 6.92 Å². The monoisotopic (exact) mass is 356 g/mol. The molecule has 2 heterocycles. The van der Waals surface area contributed by atoms with Crippen molar-refractivity contribution in [1.82, 2.24) is 13.7 Å². The molecular formula is C16H12N4O2S2. The molecule has 24 heavy (non-hydrogen) atoms. The Hall–Kier alpha value is -2.58. The Morgan fingerprint density at radius 2 is 2.00 bits per heavy atom. The van der Waals surface area contributed by atoms with E-state index in [4.69, 9.17) is 4.74 Å². The highest BCUT2D eigenvalue weighted by atomic mass is 32.1. The van der Waals surface area contributed by atoms with Crippen molar-refractivity contribution >= 4 is 55.4 Å². The molecule has 2 aromatic carbocycles. The summed E-state index contributed by atoms with van der Waals surface area (Å²) in [4.78, 5) is 17.0. The normalized spacial score (nSPS) is 11.1. The fraction of sp³-hybridized carbons (Fsp3) is 0.125.